The van der Waals surface area contributed by atoms with E-state index in [1.165, 1.54) is 31.6 Å². The normalized spacial score (nSPS) is 22.1. The number of phenolic OH excluding ortho intramolecular Hbond substituents is 1. The number of aromatic hydroxyl groups is 1. The highest BCUT2D eigenvalue weighted by Gasteiger charge is 2.38. The molecule has 0 bridgehead atoms. The number of guanidine groups is 1. The number of carbonyl (C=O) groups excluding carboxylic acids is 1. The quantitative estimate of drug-likeness (QED) is 0.201. The van der Waals surface area contributed by atoms with Gasteiger partial charge in [0, 0.05) is 24.5 Å². The van der Waals surface area contributed by atoms with Gasteiger partial charge in [0.25, 0.3) is 5.91 Å². The lowest BCUT2D eigenvalue weighted by Crippen LogP contribution is -2.49. The molecule has 0 saturated heterocycles. The molecule has 4 rings (SSSR count). The van der Waals surface area contributed by atoms with Crippen molar-refractivity contribution in [3.63, 3.8) is 0 Å². The zero-order valence-corrected chi connectivity index (χ0v) is 20.1. The third-order valence-corrected chi connectivity index (χ3v) is 7.09. The van der Waals surface area contributed by atoms with E-state index in [1.54, 1.807) is 12.1 Å². The van der Waals surface area contributed by atoms with Gasteiger partial charge in [-0.3, -0.25) is 15.1 Å². The lowest BCUT2D eigenvalue weighted by molar-refractivity contribution is 0.0929. The van der Waals surface area contributed by atoms with Gasteiger partial charge in [0.1, 0.15) is 17.1 Å². The zero-order chi connectivity index (χ0) is 24.7. The fourth-order valence-electron chi connectivity index (χ4n) is 4.82. The molecule has 8 heteroatoms. The molecule has 35 heavy (non-hydrogen) atoms. The number of nitrogens with one attached hydrogen (secondary N) is 3. The highest BCUT2D eigenvalue weighted by molar-refractivity contribution is 5.99. The van der Waals surface area contributed by atoms with Crippen molar-refractivity contribution in [2.45, 2.75) is 50.0 Å². The van der Waals surface area contributed by atoms with Gasteiger partial charge < -0.3 is 20.5 Å². The molecule has 184 valence electrons. The topological polar surface area (TPSA) is 119 Å². The van der Waals surface area contributed by atoms with Crippen molar-refractivity contribution in [2.24, 2.45) is 10.9 Å². The van der Waals surface area contributed by atoms with Gasteiger partial charge in [0.15, 0.2) is 6.19 Å². The second-order valence-corrected chi connectivity index (χ2v) is 9.47. The van der Waals surface area contributed by atoms with Gasteiger partial charge in [-0.25, -0.2) is 0 Å². The van der Waals surface area contributed by atoms with Crippen molar-refractivity contribution in [3.8, 4) is 17.7 Å². The van der Waals surface area contributed by atoms with Gasteiger partial charge in [0.2, 0.25) is 5.96 Å². The molecule has 0 atom stereocenters. The first kappa shape index (κ1) is 24.4. The number of nitriles is 1. The first-order valence-corrected chi connectivity index (χ1v) is 12.2. The molecule has 2 fully saturated rings. The van der Waals surface area contributed by atoms with Crippen molar-refractivity contribution in [3.05, 3.63) is 59.7 Å². The highest BCUT2D eigenvalue weighted by atomic mass is 16.5. The van der Waals surface area contributed by atoms with Crippen molar-refractivity contribution < 1.29 is 14.6 Å². The largest absolute Gasteiger partial charge is 0.507 e. The molecule has 0 heterocycles. The van der Waals surface area contributed by atoms with Crippen LogP contribution in [-0.4, -0.2) is 43.2 Å². The van der Waals surface area contributed by atoms with Crippen LogP contribution in [0.15, 0.2) is 53.5 Å². The summed E-state index contributed by atoms with van der Waals surface area (Å²) in [4.78, 5) is 17.6. The Morgan fingerprint density at radius 2 is 1.89 bits per heavy atom. The van der Waals surface area contributed by atoms with Gasteiger partial charge >= 0.3 is 0 Å². The zero-order valence-electron chi connectivity index (χ0n) is 20.1. The second kappa shape index (κ2) is 11.1. The van der Waals surface area contributed by atoms with Crippen molar-refractivity contribution >= 4 is 11.9 Å². The van der Waals surface area contributed by atoms with Gasteiger partial charge in [-0.05, 0) is 62.1 Å². The van der Waals surface area contributed by atoms with E-state index in [2.05, 4.69) is 33.1 Å². The summed E-state index contributed by atoms with van der Waals surface area (Å²) in [6.45, 7) is 1.19. The number of amides is 1. The maximum Gasteiger partial charge on any atom is 0.258 e. The van der Waals surface area contributed by atoms with Gasteiger partial charge in [-0.2, -0.15) is 5.26 Å². The molecule has 0 radical (unpaired) electrons. The average Bonchev–Trinajstić information content (AvgIpc) is 3.72. The van der Waals surface area contributed by atoms with Crippen LogP contribution < -0.4 is 20.7 Å². The highest BCUT2D eigenvalue weighted by Crippen LogP contribution is 2.39. The third kappa shape index (κ3) is 6.04. The minimum absolute atomic E-state index is 0.105. The van der Waals surface area contributed by atoms with E-state index in [0.717, 1.165) is 32.2 Å². The van der Waals surface area contributed by atoms with Crippen LogP contribution in [0.1, 0.15) is 54.4 Å². The molecular weight excluding hydrogens is 442 g/mol. The number of nitrogens with zero attached hydrogens (tertiary/aromatic N) is 2. The molecule has 0 spiro atoms. The second-order valence-electron chi connectivity index (χ2n) is 9.47. The Kier molecular flexibility index (Phi) is 7.76. The van der Waals surface area contributed by atoms with Crippen LogP contribution in [0.5, 0.6) is 11.5 Å². The van der Waals surface area contributed by atoms with E-state index in [1.807, 2.05) is 24.4 Å². The smallest absolute Gasteiger partial charge is 0.258 e. The van der Waals surface area contributed by atoms with E-state index in [-0.39, 0.29) is 28.7 Å². The minimum atomic E-state index is -0.358. The predicted octanol–water partition coefficient (Wildman–Crippen LogP) is 3.44. The Morgan fingerprint density at radius 1 is 1.14 bits per heavy atom. The van der Waals surface area contributed by atoms with Gasteiger partial charge in [-0.1, -0.05) is 36.4 Å². The maximum atomic E-state index is 13.1. The first-order chi connectivity index (χ1) is 17.0. The lowest BCUT2D eigenvalue weighted by atomic mass is 9.68. The van der Waals surface area contributed by atoms with Crippen molar-refractivity contribution in [2.75, 3.05) is 20.2 Å². The number of phenols is 1. The molecule has 8 nitrogen and oxygen atoms in total. The summed E-state index contributed by atoms with van der Waals surface area (Å²) in [6.07, 6.45) is 7.87. The number of benzene rings is 2. The lowest BCUT2D eigenvalue weighted by Gasteiger charge is -2.41. The number of hydrogen-bond acceptors (Lipinski definition) is 5. The fraction of sp³-hybridized carbons (Fsp3) is 0.444. The predicted molar refractivity (Wildman–Crippen MR) is 134 cm³/mol. The first-order valence-electron chi connectivity index (χ1n) is 12.2. The maximum absolute atomic E-state index is 13.1. The van der Waals surface area contributed by atoms with Gasteiger partial charge in [0.05, 0.1) is 7.11 Å². The van der Waals surface area contributed by atoms with E-state index >= 15 is 0 Å². The number of methoxy groups -OCH3 is 1. The molecule has 2 aliphatic carbocycles. The summed E-state index contributed by atoms with van der Waals surface area (Å²) in [7, 11) is 1.48. The molecule has 4 N–H and O–H groups in total. The van der Waals surface area contributed by atoms with E-state index in [0.29, 0.717) is 24.2 Å². The molecular formula is C27H33N5O3. The summed E-state index contributed by atoms with van der Waals surface area (Å²) in [5.74, 6) is 1.08. The molecule has 2 aromatic rings. The Balaban J connectivity index is 1.45. The minimum Gasteiger partial charge on any atom is -0.507 e. The number of rotatable bonds is 8. The fourth-order valence-corrected chi connectivity index (χ4v) is 4.82. The number of hydrogen-bond donors (Lipinski definition) is 4. The molecule has 2 saturated carbocycles. The van der Waals surface area contributed by atoms with Crippen LogP contribution in [0.2, 0.25) is 0 Å². The summed E-state index contributed by atoms with van der Waals surface area (Å²) in [5, 5.41) is 28.5. The standard InChI is InChI=1S/C27H33N5O3/c1-35-23-9-5-8-22(33)24(23)25(34)30-17-27(20-6-3-2-4-7-20)14-12-21(13-15-27)32-26(31-18-28)29-16-19-10-11-19/h2-9,19,21,33H,10-17H2,1H3,(H,30,34)(H2,29,31,32). The number of aliphatic imine (C=N–C) groups is 1. The summed E-state index contributed by atoms with van der Waals surface area (Å²) in [6, 6.07) is 15.2. The Labute approximate surface area is 206 Å². The molecule has 2 aliphatic rings. The van der Waals surface area contributed by atoms with Crippen LogP contribution in [0, 0.1) is 17.4 Å². The van der Waals surface area contributed by atoms with Crippen LogP contribution >= 0.6 is 0 Å². The summed E-state index contributed by atoms with van der Waals surface area (Å²) < 4.78 is 5.29. The van der Waals surface area contributed by atoms with E-state index < -0.39 is 0 Å². The summed E-state index contributed by atoms with van der Waals surface area (Å²) >= 11 is 0. The van der Waals surface area contributed by atoms with Crippen LogP contribution in [0.4, 0.5) is 0 Å². The Bertz CT molecular complexity index is 1080. The molecule has 2 aromatic carbocycles. The number of carbonyl (C=O) groups is 1. The van der Waals surface area contributed by atoms with Gasteiger partial charge in [-0.15, -0.1) is 0 Å². The Morgan fingerprint density at radius 3 is 2.54 bits per heavy atom. The SMILES string of the molecule is COc1cccc(O)c1C(=O)NCC1(c2ccccc2)CCC(NC(=NCC2CC2)NC#N)CC1. The number of ether oxygens (including phenoxy) is 1. The summed E-state index contributed by atoms with van der Waals surface area (Å²) in [5.41, 5.74) is 1.09. The molecule has 0 aromatic heterocycles. The molecule has 0 unspecified atom stereocenters. The van der Waals surface area contributed by atoms with E-state index in [4.69, 9.17) is 10.00 Å². The monoisotopic (exact) mass is 475 g/mol. The van der Waals surface area contributed by atoms with Crippen LogP contribution in [0.3, 0.4) is 0 Å². The van der Waals surface area contributed by atoms with Crippen molar-refractivity contribution in [1.29, 1.82) is 5.26 Å². The third-order valence-electron chi connectivity index (χ3n) is 7.09. The molecule has 1 amide bonds. The Hall–Kier alpha value is -3.73. The van der Waals surface area contributed by atoms with Crippen molar-refractivity contribution in [1.82, 2.24) is 16.0 Å². The van der Waals surface area contributed by atoms with Crippen LogP contribution in [0.25, 0.3) is 0 Å². The average molecular weight is 476 g/mol. The van der Waals surface area contributed by atoms with E-state index in [9.17, 15) is 9.90 Å². The molecule has 0 aliphatic heterocycles. The van der Waals surface area contributed by atoms with Crippen LogP contribution in [-0.2, 0) is 5.41 Å².